The minimum atomic E-state index is -3.68. The summed E-state index contributed by atoms with van der Waals surface area (Å²) in [4.78, 5) is 12.7. The van der Waals surface area contributed by atoms with E-state index in [0.717, 1.165) is 27.1 Å². The molecule has 3 rings (SSSR count). The summed E-state index contributed by atoms with van der Waals surface area (Å²) in [5, 5.41) is 9.01. The number of nitrogens with zero attached hydrogens (tertiary/aromatic N) is 1. The van der Waals surface area contributed by atoms with Crippen molar-refractivity contribution in [3.8, 4) is 0 Å². The number of para-hydroxylation sites is 1. The second kappa shape index (κ2) is 6.76. The van der Waals surface area contributed by atoms with Crippen LogP contribution < -0.4 is 10.5 Å². The van der Waals surface area contributed by atoms with Gasteiger partial charge < -0.3 is 9.88 Å². The molecule has 3 aromatic rings. The van der Waals surface area contributed by atoms with Gasteiger partial charge in [-0.1, -0.05) is 18.2 Å². The molecule has 3 N–H and O–H groups in total. The maximum Gasteiger partial charge on any atom is 0.247 e. The van der Waals surface area contributed by atoms with Crippen LogP contribution in [0.3, 0.4) is 0 Å². The SMILES string of the molecule is NS(=O)(=O)c1ccc(CNC(=O)CCn2ccc3ccccc32)s1. The van der Waals surface area contributed by atoms with Crippen LogP contribution in [-0.2, 0) is 27.9 Å². The Morgan fingerprint density at radius 3 is 2.71 bits per heavy atom. The van der Waals surface area contributed by atoms with Crippen LogP contribution >= 0.6 is 11.3 Å². The van der Waals surface area contributed by atoms with E-state index in [9.17, 15) is 13.2 Å². The van der Waals surface area contributed by atoms with Gasteiger partial charge in [-0.15, -0.1) is 11.3 Å². The van der Waals surface area contributed by atoms with Crippen LogP contribution in [0.1, 0.15) is 11.3 Å². The molecule has 0 saturated heterocycles. The van der Waals surface area contributed by atoms with Gasteiger partial charge in [-0.2, -0.15) is 0 Å². The molecule has 0 fully saturated rings. The lowest BCUT2D eigenvalue weighted by Crippen LogP contribution is -2.23. The first-order valence-electron chi connectivity index (χ1n) is 7.35. The van der Waals surface area contributed by atoms with Gasteiger partial charge in [0.1, 0.15) is 4.21 Å². The number of carbonyl (C=O) groups is 1. The Hall–Kier alpha value is -2.16. The van der Waals surface area contributed by atoms with Crippen molar-refractivity contribution in [1.29, 1.82) is 0 Å². The Bertz CT molecular complexity index is 973. The molecule has 126 valence electrons. The van der Waals surface area contributed by atoms with Crippen LogP contribution in [0, 0.1) is 0 Å². The third kappa shape index (κ3) is 3.84. The van der Waals surface area contributed by atoms with E-state index in [1.807, 2.05) is 41.1 Å². The van der Waals surface area contributed by atoms with Gasteiger partial charge >= 0.3 is 0 Å². The highest BCUT2D eigenvalue weighted by Gasteiger charge is 2.11. The maximum atomic E-state index is 12.0. The molecule has 0 aliphatic heterocycles. The lowest BCUT2D eigenvalue weighted by molar-refractivity contribution is -0.121. The average molecular weight is 363 g/mol. The van der Waals surface area contributed by atoms with E-state index in [-0.39, 0.29) is 10.1 Å². The van der Waals surface area contributed by atoms with Gasteiger partial charge in [-0.3, -0.25) is 4.79 Å². The molecule has 8 heteroatoms. The van der Waals surface area contributed by atoms with E-state index in [1.54, 1.807) is 6.07 Å². The average Bonchev–Trinajstić information content (AvgIpc) is 3.17. The van der Waals surface area contributed by atoms with E-state index >= 15 is 0 Å². The summed E-state index contributed by atoms with van der Waals surface area (Å²) >= 11 is 1.07. The molecule has 0 aliphatic carbocycles. The van der Waals surface area contributed by atoms with Gasteiger partial charge in [0.15, 0.2) is 0 Å². The number of nitrogens with one attached hydrogen (secondary N) is 1. The number of thiophene rings is 1. The number of sulfonamides is 1. The van der Waals surface area contributed by atoms with Crippen molar-refractivity contribution in [3.63, 3.8) is 0 Å². The molecule has 1 amide bonds. The zero-order valence-electron chi connectivity index (χ0n) is 12.8. The first-order valence-corrected chi connectivity index (χ1v) is 9.72. The summed E-state index contributed by atoms with van der Waals surface area (Å²) in [5.74, 6) is -0.0849. The lowest BCUT2D eigenvalue weighted by atomic mass is 10.2. The van der Waals surface area contributed by atoms with Crippen LogP contribution in [0.15, 0.2) is 52.9 Å². The molecule has 0 saturated carbocycles. The highest BCUT2D eigenvalue weighted by molar-refractivity contribution is 7.91. The number of benzene rings is 1. The Morgan fingerprint density at radius 2 is 1.96 bits per heavy atom. The summed E-state index contributed by atoms with van der Waals surface area (Å²) in [6, 6.07) is 13.1. The summed E-state index contributed by atoms with van der Waals surface area (Å²) in [6.07, 6.45) is 2.32. The molecule has 2 aromatic heterocycles. The van der Waals surface area contributed by atoms with Gasteiger partial charge in [0.25, 0.3) is 0 Å². The van der Waals surface area contributed by atoms with Gasteiger partial charge in [-0.25, -0.2) is 13.6 Å². The maximum absolute atomic E-state index is 12.0. The van der Waals surface area contributed by atoms with Crippen molar-refractivity contribution in [3.05, 3.63) is 53.5 Å². The van der Waals surface area contributed by atoms with Crippen molar-refractivity contribution < 1.29 is 13.2 Å². The minimum absolute atomic E-state index is 0.0849. The Labute approximate surface area is 144 Å². The van der Waals surface area contributed by atoms with Gasteiger partial charge in [-0.05, 0) is 29.7 Å². The number of amides is 1. The molecule has 0 aliphatic rings. The monoisotopic (exact) mass is 363 g/mol. The molecule has 0 spiro atoms. The lowest BCUT2D eigenvalue weighted by Gasteiger charge is -2.06. The second-order valence-electron chi connectivity index (χ2n) is 5.36. The van der Waals surface area contributed by atoms with E-state index < -0.39 is 10.0 Å². The fraction of sp³-hybridized carbons (Fsp3) is 0.188. The first-order chi connectivity index (χ1) is 11.4. The summed E-state index contributed by atoms with van der Waals surface area (Å²) in [5.41, 5.74) is 1.10. The molecule has 0 atom stereocenters. The summed E-state index contributed by atoms with van der Waals surface area (Å²) < 4.78 is 24.6. The highest BCUT2D eigenvalue weighted by atomic mass is 32.2. The number of rotatable bonds is 6. The smallest absolute Gasteiger partial charge is 0.247 e. The van der Waals surface area contributed by atoms with E-state index in [2.05, 4.69) is 5.32 Å². The Morgan fingerprint density at radius 1 is 1.17 bits per heavy atom. The molecular formula is C16H17N3O3S2. The molecule has 0 unspecified atom stereocenters. The number of carbonyl (C=O) groups excluding carboxylic acids is 1. The predicted molar refractivity (Wildman–Crippen MR) is 94.1 cm³/mol. The van der Waals surface area contributed by atoms with Gasteiger partial charge in [0.05, 0.1) is 6.54 Å². The topological polar surface area (TPSA) is 94.2 Å². The summed E-state index contributed by atoms with van der Waals surface area (Å²) in [7, 11) is -3.68. The highest BCUT2D eigenvalue weighted by Crippen LogP contribution is 2.20. The standard InChI is InChI=1S/C16H17N3O3S2/c17-24(21,22)16-6-5-13(23-16)11-18-15(20)8-10-19-9-7-12-3-1-2-4-14(12)19/h1-7,9H,8,10-11H2,(H,18,20)(H2,17,21,22). The number of hydrogen-bond acceptors (Lipinski definition) is 4. The molecule has 6 nitrogen and oxygen atoms in total. The fourth-order valence-corrected chi connectivity index (χ4v) is 4.16. The predicted octanol–water partition coefficient (Wildman–Crippen LogP) is 2.06. The van der Waals surface area contributed by atoms with Crippen LogP contribution in [0.5, 0.6) is 0 Å². The largest absolute Gasteiger partial charge is 0.351 e. The third-order valence-electron chi connectivity index (χ3n) is 3.64. The third-order valence-corrected chi connectivity index (χ3v) is 6.16. The van der Waals surface area contributed by atoms with Crippen LogP contribution in [0.4, 0.5) is 0 Å². The number of aryl methyl sites for hydroxylation is 1. The van der Waals surface area contributed by atoms with Crippen LogP contribution in [0.25, 0.3) is 10.9 Å². The first kappa shape index (κ1) is 16.7. The van der Waals surface area contributed by atoms with Crippen LogP contribution in [-0.4, -0.2) is 18.9 Å². The zero-order valence-corrected chi connectivity index (χ0v) is 14.4. The molecular weight excluding hydrogens is 346 g/mol. The molecule has 24 heavy (non-hydrogen) atoms. The normalized spacial score (nSPS) is 11.7. The number of hydrogen-bond donors (Lipinski definition) is 2. The van der Waals surface area contributed by atoms with Crippen molar-refractivity contribution in [2.24, 2.45) is 5.14 Å². The molecule has 0 bridgehead atoms. The van der Waals surface area contributed by atoms with Gasteiger partial charge in [0.2, 0.25) is 15.9 Å². The number of primary sulfonamides is 1. The van der Waals surface area contributed by atoms with Crippen molar-refractivity contribution >= 4 is 38.2 Å². The van der Waals surface area contributed by atoms with Crippen molar-refractivity contribution in [2.75, 3.05) is 0 Å². The van der Waals surface area contributed by atoms with Crippen molar-refractivity contribution in [2.45, 2.75) is 23.7 Å². The zero-order chi connectivity index (χ0) is 17.2. The van der Waals surface area contributed by atoms with Crippen molar-refractivity contribution in [1.82, 2.24) is 9.88 Å². The molecule has 2 heterocycles. The molecule has 0 radical (unpaired) electrons. The quantitative estimate of drug-likeness (QED) is 0.702. The van der Waals surface area contributed by atoms with E-state index in [1.165, 1.54) is 6.07 Å². The van der Waals surface area contributed by atoms with Crippen LogP contribution in [0.2, 0.25) is 0 Å². The minimum Gasteiger partial charge on any atom is -0.351 e. The van der Waals surface area contributed by atoms with E-state index in [0.29, 0.717) is 19.5 Å². The number of aromatic nitrogens is 1. The van der Waals surface area contributed by atoms with E-state index in [4.69, 9.17) is 5.14 Å². The second-order valence-corrected chi connectivity index (χ2v) is 8.32. The Kier molecular flexibility index (Phi) is 4.70. The van der Waals surface area contributed by atoms with Gasteiger partial charge in [0, 0.05) is 29.6 Å². The summed E-state index contributed by atoms with van der Waals surface area (Å²) in [6.45, 7) is 0.887. The fourth-order valence-electron chi connectivity index (χ4n) is 2.44. The molecule has 1 aromatic carbocycles. The Balaban J connectivity index is 1.54. The number of fused-ring (bicyclic) bond motifs is 1. The number of nitrogens with two attached hydrogens (primary N) is 1.